The molecule has 0 radical (unpaired) electrons. The van der Waals surface area contributed by atoms with E-state index in [0.717, 1.165) is 18.2 Å². The maximum absolute atomic E-state index is 5.49. The van der Waals surface area contributed by atoms with Crippen LogP contribution < -0.4 is 16.6 Å². The van der Waals surface area contributed by atoms with Crippen LogP contribution in [0.1, 0.15) is 64.6 Å². The fourth-order valence-corrected chi connectivity index (χ4v) is 2.95. The largest absolute Gasteiger partial charge is 0.369 e. The van der Waals surface area contributed by atoms with Crippen molar-refractivity contribution in [3.05, 3.63) is 11.9 Å². The summed E-state index contributed by atoms with van der Waals surface area (Å²) < 4.78 is 0. The first-order chi connectivity index (χ1) is 9.58. The summed E-state index contributed by atoms with van der Waals surface area (Å²) in [6, 6.07) is 1.88. The van der Waals surface area contributed by atoms with E-state index in [9.17, 15) is 0 Å². The van der Waals surface area contributed by atoms with Crippen LogP contribution in [-0.2, 0) is 0 Å². The zero-order valence-corrected chi connectivity index (χ0v) is 12.9. The Morgan fingerprint density at radius 1 is 1.25 bits per heavy atom. The minimum atomic E-state index is 0.287. The van der Waals surface area contributed by atoms with Gasteiger partial charge >= 0.3 is 0 Å². The summed E-state index contributed by atoms with van der Waals surface area (Å²) in [4.78, 5) is 8.97. The first-order valence-electron chi connectivity index (χ1n) is 7.68. The number of nitrogens with one attached hydrogen (secondary N) is 2. The molecule has 1 aromatic heterocycles. The van der Waals surface area contributed by atoms with Crippen molar-refractivity contribution in [3.63, 3.8) is 0 Å². The van der Waals surface area contributed by atoms with Gasteiger partial charge in [0, 0.05) is 18.5 Å². The van der Waals surface area contributed by atoms with Crippen molar-refractivity contribution in [2.45, 2.75) is 58.8 Å². The van der Waals surface area contributed by atoms with Gasteiger partial charge in [0.1, 0.15) is 17.5 Å². The average molecular weight is 277 g/mol. The number of hydrogen-bond donors (Lipinski definition) is 3. The van der Waals surface area contributed by atoms with Gasteiger partial charge in [0.2, 0.25) is 0 Å². The van der Waals surface area contributed by atoms with Crippen LogP contribution in [0.4, 0.5) is 11.6 Å². The first kappa shape index (κ1) is 15.0. The topological polar surface area (TPSA) is 75.9 Å². The standard InChI is InChI=1S/C15H27N5/c1-4-15(7-5-6-8-15)10-17-12-9-13(20-16)19-14(18-12)11(2)3/h9,11H,4-8,10,16H2,1-3H3,(H2,17,18,19,20). The molecule has 0 atom stereocenters. The summed E-state index contributed by atoms with van der Waals surface area (Å²) in [6.45, 7) is 7.45. The molecule has 2 rings (SSSR count). The van der Waals surface area contributed by atoms with Crippen molar-refractivity contribution in [2.24, 2.45) is 11.3 Å². The molecule has 1 aliphatic rings. The lowest BCUT2D eigenvalue weighted by Crippen LogP contribution is -2.26. The van der Waals surface area contributed by atoms with Gasteiger partial charge in [-0.05, 0) is 24.7 Å². The van der Waals surface area contributed by atoms with Gasteiger partial charge in [0.25, 0.3) is 0 Å². The molecule has 0 saturated heterocycles. The second-order valence-electron chi connectivity index (χ2n) is 6.21. The van der Waals surface area contributed by atoms with E-state index in [1.54, 1.807) is 0 Å². The fourth-order valence-electron chi connectivity index (χ4n) is 2.95. The van der Waals surface area contributed by atoms with E-state index in [2.05, 4.69) is 41.5 Å². The molecule has 0 amide bonds. The van der Waals surface area contributed by atoms with Crippen LogP contribution in [0.3, 0.4) is 0 Å². The Morgan fingerprint density at radius 3 is 2.45 bits per heavy atom. The van der Waals surface area contributed by atoms with Gasteiger partial charge in [0.05, 0.1) is 0 Å². The van der Waals surface area contributed by atoms with Crippen molar-refractivity contribution < 1.29 is 0 Å². The molecule has 0 spiro atoms. The van der Waals surface area contributed by atoms with Crippen molar-refractivity contribution in [3.8, 4) is 0 Å². The van der Waals surface area contributed by atoms with Gasteiger partial charge in [-0.15, -0.1) is 0 Å². The lowest BCUT2D eigenvalue weighted by molar-refractivity contribution is 0.306. The average Bonchev–Trinajstić information content (AvgIpc) is 2.94. The SMILES string of the molecule is CCC1(CNc2cc(NN)nc(C(C)C)n2)CCCC1. The molecule has 0 unspecified atom stereocenters. The minimum absolute atomic E-state index is 0.287. The predicted molar refractivity (Wildman–Crippen MR) is 83.6 cm³/mol. The zero-order chi connectivity index (χ0) is 14.6. The van der Waals surface area contributed by atoms with Gasteiger partial charge in [-0.25, -0.2) is 15.8 Å². The number of aromatic nitrogens is 2. The third kappa shape index (κ3) is 3.39. The van der Waals surface area contributed by atoms with E-state index in [1.165, 1.54) is 32.1 Å². The van der Waals surface area contributed by atoms with Crippen molar-refractivity contribution in [2.75, 3.05) is 17.3 Å². The molecule has 4 N–H and O–H groups in total. The number of hydrazine groups is 1. The molecule has 0 aliphatic heterocycles. The second-order valence-corrected chi connectivity index (χ2v) is 6.21. The molecule has 1 saturated carbocycles. The van der Waals surface area contributed by atoms with Crippen LogP contribution in [0.5, 0.6) is 0 Å². The molecule has 5 nitrogen and oxygen atoms in total. The van der Waals surface area contributed by atoms with E-state index in [-0.39, 0.29) is 5.92 Å². The number of anilines is 2. The van der Waals surface area contributed by atoms with Gasteiger partial charge in [-0.2, -0.15) is 0 Å². The van der Waals surface area contributed by atoms with Gasteiger partial charge < -0.3 is 10.7 Å². The molecular formula is C15H27N5. The van der Waals surface area contributed by atoms with Crippen molar-refractivity contribution in [1.29, 1.82) is 0 Å². The van der Waals surface area contributed by atoms with Crippen LogP contribution >= 0.6 is 0 Å². The van der Waals surface area contributed by atoms with Crippen molar-refractivity contribution in [1.82, 2.24) is 9.97 Å². The Kier molecular flexibility index (Phi) is 4.81. The molecule has 0 bridgehead atoms. The quantitative estimate of drug-likeness (QED) is 0.549. The normalized spacial score (nSPS) is 17.4. The summed E-state index contributed by atoms with van der Waals surface area (Å²) in [5, 5.41) is 3.50. The molecule has 0 aromatic carbocycles. The van der Waals surface area contributed by atoms with Crippen LogP contribution in [0.2, 0.25) is 0 Å². The van der Waals surface area contributed by atoms with Crippen LogP contribution in [0, 0.1) is 5.41 Å². The summed E-state index contributed by atoms with van der Waals surface area (Å²) in [7, 11) is 0. The Bertz CT molecular complexity index is 438. The zero-order valence-electron chi connectivity index (χ0n) is 12.9. The molecule has 112 valence electrons. The third-order valence-electron chi connectivity index (χ3n) is 4.47. The lowest BCUT2D eigenvalue weighted by Gasteiger charge is -2.28. The summed E-state index contributed by atoms with van der Waals surface area (Å²) in [5.41, 5.74) is 3.07. The first-order valence-corrected chi connectivity index (χ1v) is 7.68. The van der Waals surface area contributed by atoms with Gasteiger partial charge in [-0.3, -0.25) is 0 Å². The van der Waals surface area contributed by atoms with Gasteiger partial charge in [-0.1, -0.05) is 33.6 Å². The highest BCUT2D eigenvalue weighted by Gasteiger charge is 2.31. The number of nitrogens with zero attached hydrogens (tertiary/aromatic N) is 2. The highest BCUT2D eigenvalue weighted by atomic mass is 15.3. The van der Waals surface area contributed by atoms with Gasteiger partial charge in [0.15, 0.2) is 0 Å². The highest BCUT2D eigenvalue weighted by Crippen LogP contribution is 2.40. The Hall–Kier alpha value is -1.36. The van der Waals surface area contributed by atoms with E-state index >= 15 is 0 Å². The second kappa shape index (κ2) is 6.39. The Balaban J connectivity index is 2.10. The van der Waals surface area contributed by atoms with Crippen molar-refractivity contribution >= 4 is 11.6 Å². The number of rotatable bonds is 6. The Labute approximate surface area is 121 Å². The molecule has 5 heteroatoms. The minimum Gasteiger partial charge on any atom is -0.369 e. The number of nitrogen functional groups attached to an aromatic ring is 1. The van der Waals surface area contributed by atoms with Crippen LogP contribution in [0.15, 0.2) is 6.07 Å². The highest BCUT2D eigenvalue weighted by molar-refractivity contribution is 5.47. The number of nitrogens with two attached hydrogens (primary N) is 1. The molecule has 1 fully saturated rings. The Morgan fingerprint density at radius 2 is 1.90 bits per heavy atom. The molecule has 20 heavy (non-hydrogen) atoms. The van der Waals surface area contributed by atoms with E-state index < -0.39 is 0 Å². The number of hydrogen-bond acceptors (Lipinski definition) is 5. The van der Waals surface area contributed by atoms with Crippen LogP contribution in [-0.4, -0.2) is 16.5 Å². The summed E-state index contributed by atoms with van der Waals surface area (Å²) in [5.74, 6) is 8.14. The molecule has 1 heterocycles. The third-order valence-corrected chi connectivity index (χ3v) is 4.47. The van der Waals surface area contributed by atoms with Crippen LogP contribution in [0.25, 0.3) is 0 Å². The monoisotopic (exact) mass is 277 g/mol. The molecule has 1 aliphatic carbocycles. The lowest BCUT2D eigenvalue weighted by atomic mass is 9.83. The van der Waals surface area contributed by atoms with E-state index in [4.69, 9.17) is 5.84 Å². The predicted octanol–water partition coefficient (Wildman–Crippen LogP) is 3.27. The molecular weight excluding hydrogens is 250 g/mol. The maximum atomic E-state index is 5.49. The molecule has 1 aromatic rings. The van der Waals surface area contributed by atoms with E-state index in [0.29, 0.717) is 11.2 Å². The smallest absolute Gasteiger partial charge is 0.145 e. The maximum Gasteiger partial charge on any atom is 0.145 e. The summed E-state index contributed by atoms with van der Waals surface area (Å²) >= 11 is 0. The fraction of sp³-hybridized carbons (Fsp3) is 0.733. The summed E-state index contributed by atoms with van der Waals surface area (Å²) in [6.07, 6.45) is 6.57. The van der Waals surface area contributed by atoms with E-state index in [1.807, 2.05) is 6.07 Å².